The van der Waals surface area contributed by atoms with Crippen LogP contribution in [0.5, 0.6) is 0 Å². The van der Waals surface area contributed by atoms with Crippen molar-refractivity contribution < 1.29 is 0 Å². The molecule has 6 rings (SSSR count). The van der Waals surface area contributed by atoms with E-state index in [-0.39, 0.29) is 35.3 Å². The molecule has 22 heavy (non-hydrogen) atoms. The molecular weight excluding hydrogens is 282 g/mol. The molecule has 7 nitrogen and oxygen atoms in total. The highest BCUT2D eigenvalue weighted by Gasteiger charge is 2.61. The maximum Gasteiger partial charge on any atom is 0.344 e. The highest BCUT2D eigenvalue weighted by Crippen LogP contribution is 2.65. The molecule has 3 aliphatic rings. The molecule has 4 bridgehead atoms. The predicted molar refractivity (Wildman–Crippen MR) is 77.0 cm³/mol. The number of nitrogens with zero attached hydrogens (tertiary/aromatic N) is 4. The van der Waals surface area contributed by atoms with Gasteiger partial charge in [-0.05, 0) is 18.6 Å². The van der Waals surface area contributed by atoms with Crippen LogP contribution in [0.25, 0.3) is 11.0 Å². The lowest BCUT2D eigenvalue weighted by molar-refractivity contribution is 0.333. The van der Waals surface area contributed by atoms with Gasteiger partial charge in [-0.3, -0.25) is 4.98 Å². The van der Waals surface area contributed by atoms with Crippen molar-refractivity contribution in [2.24, 2.45) is 0 Å². The summed E-state index contributed by atoms with van der Waals surface area (Å²) in [5, 5.41) is 0. The minimum Gasteiger partial charge on any atom is -0.257 e. The monoisotopic (exact) mass is 293 g/mol. The summed E-state index contributed by atoms with van der Waals surface area (Å²) in [6.45, 7) is 0. The molecule has 4 unspecified atom stereocenters. The van der Waals surface area contributed by atoms with Crippen LogP contribution in [0.3, 0.4) is 0 Å². The van der Waals surface area contributed by atoms with Crippen molar-refractivity contribution in [3.63, 3.8) is 0 Å². The SMILES string of the molecule is O=c1[nH]c(=O)n2n1C1CC3c4nc5ccccc5nc4C1C32. The van der Waals surface area contributed by atoms with Crippen LogP contribution in [0, 0.1) is 0 Å². The van der Waals surface area contributed by atoms with Gasteiger partial charge in [-0.1, -0.05) is 12.1 Å². The quantitative estimate of drug-likeness (QED) is 0.660. The van der Waals surface area contributed by atoms with Crippen molar-refractivity contribution in [2.45, 2.75) is 30.3 Å². The molecule has 2 aromatic heterocycles. The van der Waals surface area contributed by atoms with Crippen LogP contribution in [-0.4, -0.2) is 24.3 Å². The summed E-state index contributed by atoms with van der Waals surface area (Å²) in [7, 11) is 0. The molecule has 108 valence electrons. The Morgan fingerprint density at radius 2 is 1.68 bits per heavy atom. The maximum absolute atomic E-state index is 12.1. The second-order valence-corrected chi connectivity index (χ2v) is 6.33. The zero-order valence-corrected chi connectivity index (χ0v) is 11.4. The first-order chi connectivity index (χ1) is 10.7. The summed E-state index contributed by atoms with van der Waals surface area (Å²) in [6, 6.07) is 7.84. The Morgan fingerprint density at radius 3 is 2.45 bits per heavy atom. The minimum atomic E-state index is -0.315. The van der Waals surface area contributed by atoms with Crippen molar-refractivity contribution in [1.29, 1.82) is 0 Å². The van der Waals surface area contributed by atoms with E-state index < -0.39 is 0 Å². The number of hydrogen-bond acceptors (Lipinski definition) is 4. The summed E-state index contributed by atoms with van der Waals surface area (Å²) >= 11 is 0. The minimum absolute atomic E-state index is 0.0109. The molecule has 3 aromatic rings. The van der Waals surface area contributed by atoms with E-state index >= 15 is 0 Å². The van der Waals surface area contributed by atoms with Gasteiger partial charge in [0.1, 0.15) is 0 Å². The maximum atomic E-state index is 12.1. The van der Waals surface area contributed by atoms with E-state index in [9.17, 15) is 9.59 Å². The third kappa shape index (κ3) is 0.985. The van der Waals surface area contributed by atoms with E-state index in [0.29, 0.717) is 0 Å². The zero-order valence-electron chi connectivity index (χ0n) is 11.4. The predicted octanol–water partition coefficient (Wildman–Crippen LogP) is 0.662. The number of hydrogen-bond donors (Lipinski definition) is 1. The van der Waals surface area contributed by atoms with Crippen molar-refractivity contribution in [2.75, 3.05) is 0 Å². The van der Waals surface area contributed by atoms with Gasteiger partial charge in [0, 0.05) is 11.8 Å². The number of benzene rings is 1. The second-order valence-electron chi connectivity index (χ2n) is 6.33. The summed E-state index contributed by atoms with van der Waals surface area (Å²) in [6.07, 6.45) is 0.868. The highest BCUT2D eigenvalue weighted by atomic mass is 16.2. The molecule has 0 amide bonds. The van der Waals surface area contributed by atoms with Crippen molar-refractivity contribution >= 4 is 11.0 Å². The molecule has 1 fully saturated rings. The van der Waals surface area contributed by atoms with Crippen LogP contribution in [-0.2, 0) is 0 Å². The Bertz CT molecular complexity index is 1090. The smallest absolute Gasteiger partial charge is 0.257 e. The third-order valence-electron chi connectivity index (χ3n) is 5.44. The molecule has 2 aliphatic carbocycles. The average molecular weight is 293 g/mol. The van der Waals surface area contributed by atoms with E-state index in [2.05, 4.69) is 4.98 Å². The second kappa shape index (κ2) is 3.21. The number of aromatic amines is 1. The first-order valence-electron chi connectivity index (χ1n) is 7.44. The van der Waals surface area contributed by atoms with Gasteiger partial charge < -0.3 is 0 Å². The molecule has 1 N–H and O–H groups in total. The van der Waals surface area contributed by atoms with Gasteiger partial charge in [0.05, 0.1) is 34.5 Å². The molecule has 1 aromatic carbocycles. The Morgan fingerprint density at radius 1 is 1.00 bits per heavy atom. The van der Waals surface area contributed by atoms with Gasteiger partial charge in [-0.25, -0.2) is 28.9 Å². The molecular formula is C15H11N5O2. The number of H-pyrrole nitrogens is 1. The lowest BCUT2D eigenvalue weighted by Gasteiger charge is -2.24. The number of rotatable bonds is 0. The van der Waals surface area contributed by atoms with Gasteiger partial charge in [0.15, 0.2) is 0 Å². The fourth-order valence-electron chi connectivity index (χ4n) is 4.75. The fourth-order valence-corrected chi connectivity index (χ4v) is 4.75. The highest BCUT2D eigenvalue weighted by molar-refractivity contribution is 5.75. The van der Waals surface area contributed by atoms with Crippen LogP contribution < -0.4 is 11.4 Å². The van der Waals surface area contributed by atoms with E-state index in [1.807, 2.05) is 24.3 Å². The molecule has 0 spiro atoms. The molecule has 3 heterocycles. The topological polar surface area (TPSA) is 85.6 Å². The molecule has 4 atom stereocenters. The normalized spacial score (nSPS) is 30.0. The molecule has 1 saturated carbocycles. The first-order valence-corrected chi connectivity index (χ1v) is 7.44. The van der Waals surface area contributed by atoms with E-state index in [0.717, 1.165) is 28.8 Å². The van der Waals surface area contributed by atoms with E-state index in [4.69, 9.17) is 9.97 Å². The van der Waals surface area contributed by atoms with Gasteiger partial charge in [-0.2, -0.15) is 0 Å². The van der Waals surface area contributed by atoms with Gasteiger partial charge in [0.25, 0.3) is 0 Å². The number of para-hydroxylation sites is 2. The standard InChI is InChI=1S/C15H11N5O2/c21-14-18-15(22)20-13-6-5-9(19(14)20)10(13)12-11(6)16-7-3-1-2-4-8(7)17-12/h1-4,6,9-10,13H,5H2,(H,18,21,22). The summed E-state index contributed by atoms with van der Waals surface area (Å²) < 4.78 is 3.19. The van der Waals surface area contributed by atoms with Crippen LogP contribution >= 0.6 is 0 Å². The molecule has 0 radical (unpaired) electrons. The van der Waals surface area contributed by atoms with E-state index in [1.54, 1.807) is 9.36 Å². The van der Waals surface area contributed by atoms with Crippen LogP contribution in [0.2, 0.25) is 0 Å². The lowest BCUT2D eigenvalue weighted by Crippen LogP contribution is -2.31. The van der Waals surface area contributed by atoms with Gasteiger partial charge >= 0.3 is 11.4 Å². The summed E-state index contributed by atoms with van der Waals surface area (Å²) in [5.41, 5.74) is 3.13. The lowest BCUT2D eigenvalue weighted by atomic mass is 9.95. The van der Waals surface area contributed by atoms with Crippen molar-refractivity contribution in [3.05, 3.63) is 56.6 Å². The van der Waals surface area contributed by atoms with Crippen molar-refractivity contribution in [3.8, 4) is 0 Å². The number of fused-ring (bicyclic) bond motifs is 5. The first kappa shape index (κ1) is 10.9. The Hall–Kier alpha value is -2.70. The van der Waals surface area contributed by atoms with Crippen LogP contribution in [0.1, 0.15) is 41.7 Å². The molecule has 0 saturated heterocycles. The van der Waals surface area contributed by atoms with Gasteiger partial charge in [-0.15, -0.1) is 0 Å². The van der Waals surface area contributed by atoms with E-state index in [1.165, 1.54) is 0 Å². The Balaban J connectivity index is 1.67. The summed E-state index contributed by atoms with van der Waals surface area (Å²) in [4.78, 5) is 36.0. The third-order valence-corrected chi connectivity index (χ3v) is 5.44. The Labute approximate surface area is 123 Å². The molecule has 7 heteroatoms. The average Bonchev–Trinajstić information content (AvgIpc) is 3.21. The van der Waals surface area contributed by atoms with Crippen LogP contribution in [0.15, 0.2) is 33.9 Å². The fraction of sp³-hybridized carbons (Fsp3) is 0.333. The zero-order chi connectivity index (χ0) is 14.6. The number of nitrogens with one attached hydrogen (secondary N) is 1. The number of aromatic nitrogens is 5. The largest absolute Gasteiger partial charge is 0.344 e. The van der Waals surface area contributed by atoms with Crippen molar-refractivity contribution in [1.82, 2.24) is 24.3 Å². The summed E-state index contributed by atoms with van der Waals surface area (Å²) in [5.74, 6) is 0.294. The Kier molecular flexibility index (Phi) is 1.60. The van der Waals surface area contributed by atoms with Crippen LogP contribution in [0.4, 0.5) is 0 Å². The molecule has 1 aliphatic heterocycles. The van der Waals surface area contributed by atoms with Gasteiger partial charge in [0.2, 0.25) is 0 Å².